The Hall–Kier alpha value is -2.17. The molecule has 1 fully saturated rings. The number of anilines is 3. The Bertz CT molecular complexity index is 618. The molecule has 2 aromatic rings. The first-order valence-corrected chi connectivity index (χ1v) is 8.54. The number of nitrogens with one attached hydrogen (secondary N) is 2. The average Bonchev–Trinajstić information content (AvgIpc) is 2.57. The lowest BCUT2D eigenvalue weighted by molar-refractivity contribution is 0.460. The first kappa shape index (κ1) is 15.7. The van der Waals surface area contributed by atoms with Crippen LogP contribution >= 0.6 is 0 Å². The lowest BCUT2D eigenvalue weighted by Crippen LogP contribution is -2.23. The summed E-state index contributed by atoms with van der Waals surface area (Å²) in [5.41, 5.74) is 2.34. The van der Waals surface area contributed by atoms with Crippen molar-refractivity contribution in [2.24, 2.45) is 0 Å². The van der Waals surface area contributed by atoms with E-state index < -0.39 is 0 Å². The highest BCUT2D eigenvalue weighted by Gasteiger charge is 2.14. The molecule has 0 aliphatic heterocycles. The molecule has 3 rings (SSSR count). The third-order valence-electron chi connectivity index (χ3n) is 4.35. The van der Waals surface area contributed by atoms with Crippen LogP contribution in [0.4, 0.5) is 17.5 Å². The lowest BCUT2D eigenvalue weighted by atomic mass is 9.96. The molecule has 0 bridgehead atoms. The molecule has 122 valence electrons. The maximum atomic E-state index is 4.52. The number of aromatic nitrogens is 3. The molecule has 0 spiro atoms. The quantitative estimate of drug-likeness (QED) is 0.852. The van der Waals surface area contributed by atoms with Gasteiger partial charge in [-0.3, -0.25) is 0 Å². The van der Waals surface area contributed by atoms with Crippen LogP contribution < -0.4 is 10.6 Å². The van der Waals surface area contributed by atoms with E-state index >= 15 is 0 Å². The van der Waals surface area contributed by atoms with Gasteiger partial charge >= 0.3 is 0 Å². The Kier molecular flexibility index (Phi) is 5.05. The van der Waals surface area contributed by atoms with Gasteiger partial charge in [0.15, 0.2) is 5.82 Å². The fourth-order valence-corrected chi connectivity index (χ4v) is 2.95. The van der Waals surface area contributed by atoms with Gasteiger partial charge in [0, 0.05) is 11.7 Å². The van der Waals surface area contributed by atoms with Gasteiger partial charge in [0.05, 0.1) is 6.20 Å². The molecule has 1 aliphatic rings. The highest BCUT2D eigenvalue weighted by atomic mass is 15.3. The Balaban J connectivity index is 1.64. The summed E-state index contributed by atoms with van der Waals surface area (Å²) >= 11 is 0. The van der Waals surface area contributed by atoms with Gasteiger partial charge in [-0.05, 0) is 36.5 Å². The van der Waals surface area contributed by atoms with Gasteiger partial charge in [-0.1, -0.05) is 45.2 Å². The van der Waals surface area contributed by atoms with Crippen molar-refractivity contribution in [3.05, 3.63) is 36.0 Å². The summed E-state index contributed by atoms with van der Waals surface area (Å²) in [6.07, 6.45) is 7.94. The molecule has 23 heavy (non-hydrogen) atoms. The van der Waals surface area contributed by atoms with E-state index in [4.69, 9.17) is 0 Å². The summed E-state index contributed by atoms with van der Waals surface area (Å²) in [4.78, 5) is 4.52. The van der Waals surface area contributed by atoms with E-state index in [0.29, 0.717) is 17.9 Å². The van der Waals surface area contributed by atoms with E-state index in [1.54, 1.807) is 6.20 Å². The Morgan fingerprint density at radius 1 is 1.04 bits per heavy atom. The summed E-state index contributed by atoms with van der Waals surface area (Å²) in [6.45, 7) is 4.39. The number of rotatable bonds is 5. The van der Waals surface area contributed by atoms with Crippen molar-refractivity contribution in [2.45, 2.75) is 57.9 Å². The first-order valence-electron chi connectivity index (χ1n) is 8.54. The zero-order chi connectivity index (χ0) is 16.1. The number of benzene rings is 1. The summed E-state index contributed by atoms with van der Waals surface area (Å²) in [6, 6.07) is 8.91. The maximum Gasteiger partial charge on any atom is 0.244 e. The molecule has 1 heterocycles. The van der Waals surface area contributed by atoms with Crippen molar-refractivity contribution in [3.63, 3.8) is 0 Å². The Morgan fingerprint density at radius 3 is 2.48 bits per heavy atom. The van der Waals surface area contributed by atoms with Crippen molar-refractivity contribution in [2.75, 3.05) is 10.6 Å². The van der Waals surface area contributed by atoms with Gasteiger partial charge in [-0.15, -0.1) is 5.10 Å². The lowest BCUT2D eigenvalue weighted by Gasteiger charge is -2.22. The number of hydrogen-bond acceptors (Lipinski definition) is 5. The van der Waals surface area contributed by atoms with E-state index in [1.165, 1.54) is 37.7 Å². The minimum Gasteiger partial charge on any atom is -0.350 e. The molecule has 0 radical (unpaired) electrons. The van der Waals surface area contributed by atoms with Crippen molar-refractivity contribution in [1.82, 2.24) is 15.2 Å². The van der Waals surface area contributed by atoms with E-state index in [0.717, 1.165) is 11.5 Å². The SMILES string of the molecule is CC(C)c1ccc(Nc2cnnc(NC3CCCCC3)n2)cc1. The molecular weight excluding hydrogens is 286 g/mol. The summed E-state index contributed by atoms with van der Waals surface area (Å²) in [5, 5.41) is 14.9. The largest absolute Gasteiger partial charge is 0.350 e. The van der Waals surface area contributed by atoms with Crippen LogP contribution in [0.1, 0.15) is 57.4 Å². The number of nitrogens with zero attached hydrogens (tertiary/aromatic N) is 3. The molecule has 5 heteroatoms. The van der Waals surface area contributed by atoms with E-state index in [1.807, 2.05) is 0 Å². The van der Waals surface area contributed by atoms with Gasteiger partial charge in [-0.2, -0.15) is 10.1 Å². The van der Waals surface area contributed by atoms with Gasteiger partial charge in [0.1, 0.15) is 0 Å². The van der Waals surface area contributed by atoms with Crippen LogP contribution in [-0.2, 0) is 0 Å². The maximum absolute atomic E-state index is 4.52. The zero-order valence-corrected chi connectivity index (χ0v) is 13.9. The van der Waals surface area contributed by atoms with Gasteiger partial charge in [0.2, 0.25) is 5.95 Å². The van der Waals surface area contributed by atoms with Crippen LogP contribution in [0.15, 0.2) is 30.5 Å². The van der Waals surface area contributed by atoms with E-state index in [2.05, 4.69) is 63.9 Å². The Morgan fingerprint density at radius 2 is 1.78 bits per heavy atom. The van der Waals surface area contributed by atoms with Crippen molar-refractivity contribution in [1.29, 1.82) is 0 Å². The fourth-order valence-electron chi connectivity index (χ4n) is 2.95. The highest BCUT2D eigenvalue weighted by Crippen LogP contribution is 2.22. The van der Waals surface area contributed by atoms with E-state index in [9.17, 15) is 0 Å². The molecule has 1 aromatic carbocycles. The zero-order valence-electron chi connectivity index (χ0n) is 13.9. The summed E-state index contributed by atoms with van der Waals surface area (Å²) in [5.74, 6) is 1.87. The van der Waals surface area contributed by atoms with Crippen LogP contribution in [0.2, 0.25) is 0 Å². The van der Waals surface area contributed by atoms with Gasteiger partial charge in [0.25, 0.3) is 0 Å². The van der Waals surface area contributed by atoms with Crippen molar-refractivity contribution >= 4 is 17.5 Å². The minimum atomic E-state index is 0.478. The topological polar surface area (TPSA) is 62.7 Å². The minimum absolute atomic E-state index is 0.478. The fraction of sp³-hybridized carbons (Fsp3) is 0.500. The van der Waals surface area contributed by atoms with Gasteiger partial charge in [-0.25, -0.2) is 0 Å². The summed E-state index contributed by atoms with van der Waals surface area (Å²) < 4.78 is 0. The second-order valence-electron chi connectivity index (χ2n) is 6.55. The second-order valence-corrected chi connectivity index (χ2v) is 6.55. The van der Waals surface area contributed by atoms with E-state index in [-0.39, 0.29) is 0 Å². The normalized spacial score (nSPS) is 15.6. The highest BCUT2D eigenvalue weighted by molar-refractivity contribution is 5.56. The average molecular weight is 311 g/mol. The Labute approximate surface area is 137 Å². The predicted molar refractivity (Wildman–Crippen MR) is 94.1 cm³/mol. The standard InChI is InChI=1S/C18H25N5/c1-13(2)14-8-10-16(11-9-14)20-17-12-19-23-18(22-17)21-15-6-4-3-5-7-15/h8-13,15H,3-7H2,1-2H3,(H2,20,21,22,23). The molecule has 5 nitrogen and oxygen atoms in total. The van der Waals surface area contributed by atoms with Gasteiger partial charge < -0.3 is 10.6 Å². The molecule has 1 saturated carbocycles. The molecule has 2 N–H and O–H groups in total. The second kappa shape index (κ2) is 7.40. The van der Waals surface area contributed by atoms with Crippen LogP contribution in [0, 0.1) is 0 Å². The third kappa shape index (κ3) is 4.41. The molecule has 0 saturated heterocycles. The molecule has 1 aliphatic carbocycles. The van der Waals surface area contributed by atoms with Crippen LogP contribution in [0.25, 0.3) is 0 Å². The smallest absolute Gasteiger partial charge is 0.244 e. The monoisotopic (exact) mass is 311 g/mol. The van der Waals surface area contributed by atoms with Crippen molar-refractivity contribution < 1.29 is 0 Å². The van der Waals surface area contributed by atoms with Crippen LogP contribution in [0.3, 0.4) is 0 Å². The molecule has 0 unspecified atom stereocenters. The predicted octanol–water partition coefficient (Wildman–Crippen LogP) is 4.48. The molecular formula is C18H25N5. The number of hydrogen-bond donors (Lipinski definition) is 2. The van der Waals surface area contributed by atoms with Crippen molar-refractivity contribution in [3.8, 4) is 0 Å². The summed E-state index contributed by atoms with van der Waals surface area (Å²) in [7, 11) is 0. The van der Waals surface area contributed by atoms with Crippen LogP contribution in [-0.4, -0.2) is 21.2 Å². The molecule has 1 aromatic heterocycles. The first-order chi connectivity index (χ1) is 11.2. The molecule has 0 amide bonds. The molecule has 0 atom stereocenters. The third-order valence-corrected chi connectivity index (χ3v) is 4.35. The van der Waals surface area contributed by atoms with Crippen LogP contribution in [0.5, 0.6) is 0 Å².